The molecule has 0 aromatic carbocycles. The third-order valence-electron chi connectivity index (χ3n) is 2.55. The highest BCUT2D eigenvalue weighted by Gasteiger charge is 2.18. The van der Waals surface area contributed by atoms with Crippen LogP contribution in [-0.2, 0) is 65.5 Å². The van der Waals surface area contributed by atoms with Crippen molar-refractivity contribution in [2.24, 2.45) is 11.5 Å². The minimum absolute atomic E-state index is 0.0703. The van der Waals surface area contributed by atoms with Gasteiger partial charge in [0.1, 0.15) is 0 Å². The van der Waals surface area contributed by atoms with Gasteiger partial charge in [0.05, 0.1) is 51.2 Å². The number of carboxylic acids is 8. The summed E-state index contributed by atoms with van der Waals surface area (Å²) in [4.78, 5) is 91.2. The van der Waals surface area contributed by atoms with Crippen LogP contribution in [0.3, 0.4) is 0 Å². The van der Waals surface area contributed by atoms with Crippen LogP contribution >= 0.6 is 0 Å². The minimum Gasteiger partial charge on any atom is -0.617 e. The van der Waals surface area contributed by atoms with Crippen LogP contribution in [0.15, 0.2) is 0 Å². The molecule has 1 amide bonds. The highest BCUT2D eigenvalue weighted by atomic mass is 32.2. The lowest BCUT2D eigenvalue weighted by Gasteiger charge is -2.23. The first kappa shape index (κ1) is 70.3. The monoisotopic (exact) mass is 821 g/mol. The fourth-order valence-corrected chi connectivity index (χ4v) is 1.48. The van der Waals surface area contributed by atoms with Crippen LogP contribution in [0.1, 0.15) is 27.7 Å². The number of rotatable bonds is 13. The molecule has 0 aliphatic rings. The van der Waals surface area contributed by atoms with Gasteiger partial charge >= 0.3 is 23.9 Å². The lowest BCUT2D eigenvalue weighted by Crippen LogP contribution is -2.43. The van der Waals surface area contributed by atoms with Crippen molar-refractivity contribution in [2.75, 3.05) is 91.5 Å². The summed E-state index contributed by atoms with van der Waals surface area (Å²) in [5.41, 5.74) is 9.81. The van der Waals surface area contributed by atoms with Crippen LogP contribution in [0.4, 0.5) is 0 Å². The highest BCUT2D eigenvalue weighted by molar-refractivity contribution is 7.90. The smallest absolute Gasteiger partial charge is 0.317 e. The second-order valence-corrected chi connectivity index (χ2v) is 12.2. The van der Waals surface area contributed by atoms with E-state index < -0.39 is 96.3 Å². The average Bonchev–Trinajstić information content (AvgIpc) is 2.89. The molecule has 0 saturated carbocycles. The summed E-state index contributed by atoms with van der Waals surface area (Å²) in [5, 5.41) is 64.1. The molecule has 0 rings (SSSR count). The van der Waals surface area contributed by atoms with Gasteiger partial charge in [-0.1, -0.05) is 22.4 Å². The molecule has 0 aromatic heterocycles. The standard InChI is InChI=1S/C10H16N2O8.C3H7NO.C2H8N2.4C2H4O2.2C2H6OS/c13-7(14)3-11(4-8(15)16)1-2-12(5-9(17)18)6-10(19)20;1-4(2)3-5;3-1-2-4;4*1-2(3)4;2*1-4(2)3/h1-6H2,(H,13,14)(H,15,16)(H,17,18)(H,19,20);3H,1-2H3;1-4H2;4*1H3,(H,3,4);2*1-2H3. The third-order valence-corrected chi connectivity index (χ3v) is 2.55. The van der Waals surface area contributed by atoms with Gasteiger partial charge < -0.3 is 66.3 Å². The number of carboxylic acid groups (broad SMARTS) is 8. The molecule has 0 radical (unpaired) electrons. The van der Waals surface area contributed by atoms with E-state index in [9.17, 15) is 33.1 Å². The van der Waals surface area contributed by atoms with Crippen molar-refractivity contribution in [1.29, 1.82) is 0 Å². The van der Waals surface area contributed by atoms with Crippen LogP contribution in [0, 0.1) is 0 Å². The van der Waals surface area contributed by atoms with Crippen molar-refractivity contribution >= 4 is 76.5 Å². The number of aliphatic carboxylic acids is 8. The van der Waals surface area contributed by atoms with Crippen molar-refractivity contribution in [2.45, 2.75) is 27.7 Å². The Morgan fingerprint density at radius 3 is 0.679 bits per heavy atom. The Hall–Kier alpha value is -4.31. The molecule has 0 saturated heterocycles. The van der Waals surface area contributed by atoms with Gasteiger partial charge in [-0.15, -0.1) is 0 Å². The van der Waals surface area contributed by atoms with E-state index in [-0.39, 0.29) is 13.1 Å². The van der Waals surface area contributed by atoms with Crippen molar-refractivity contribution in [1.82, 2.24) is 14.7 Å². The normalized spacial score (nSPS) is 8.49. The zero-order valence-electron chi connectivity index (χ0n) is 31.6. The van der Waals surface area contributed by atoms with Gasteiger partial charge in [-0.05, 0) is 0 Å². The maximum Gasteiger partial charge on any atom is 0.317 e. The highest BCUT2D eigenvalue weighted by Crippen LogP contribution is 1.94. The number of carbonyl (C=O) groups excluding carboxylic acids is 1. The van der Waals surface area contributed by atoms with Gasteiger partial charge in [-0.25, -0.2) is 0 Å². The molecule has 0 unspecified atom stereocenters. The van der Waals surface area contributed by atoms with E-state index in [1.165, 1.54) is 4.90 Å². The van der Waals surface area contributed by atoms with E-state index in [1.807, 2.05) is 0 Å². The van der Waals surface area contributed by atoms with Gasteiger partial charge in [-0.2, -0.15) is 0 Å². The molecule has 0 atom stereocenters. The van der Waals surface area contributed by atoms with E-state index in [1.54, 1.807) is 39.1 Å². The van der Waals surface area contributed by atoms with Crippen molar-refractivity contribution in [3.05, 3.63) is 0 Å². The lowest BCUT2D eigenvalue weighted by atomic mass is 10.4. The molecule has 0 aromatic rings. The Morgan fingerprint density at radius 1 is 0.509 bits per heavy atom. The second-order valence-electron chi connectivity index (χ2n) is 9.20. The lowest BCUT2D eigenvalue weighted by molar-refractivity contribution is -0.145. The molecular formula is C27H59N5O19S2. The summed E-state index contributed by atoms with van der Waals surface area (Å²) in [6, 6.07) is 0. The summed E-state index contributed by atoms with van der Waals surface area (Å²) in [6.07, 6.45) is 7.31. The van der Waals surface area contributed by atoms with Gasteiger partial charge in [0.2, 0.25) is 6.41 Å². The van der Waals surface area contributed by atoms with Gasteiger partial charge in [0.25, 0.3) is 23.9 Å². The summed E-state index contributed by atoms with van der Waals surface area (Å²) < 4.78 is 19.1. The molecule has 318 valence electrons. The first-order valence-corrected chi connectivity index (χ1v) is 17.8. The molecule has 24 nitrogen and oxygen atoms in total. The average molecular weight is 822 g/mol. The Bertz CT molecular complexity index is 814. The molecule has 0 aliphatic carbocycles. The van der Waals surface area contributed by atoms with Crippen LogP contribution in [-0.4, -0.2) is 210 Å². The SMILES string of the molecule is CC(=O)O.CC(=O)O.CC(=O)O.CC(=O)O.CN(C)C=O.C[S+](C)[O-].C[S+](C)[O-].NCCN.O=C(O)CN(CCN(CC(=O)O)CC(=O)O)CC(=O)O. The fraction of sp³-hybridized carbons (Fsp3) is 0.667. The zero-order chi connectivity index (χ0) is 44.9. The minimum atomic E-state index is -1.23. The summed E-state index contributed by atoms with van der Waals surface area (Å²) in [5.74, 6) is -8.24. The quantitative estimate of drug-likeness (QED) is 0.0649. The molecule has 0 aliphatic heterocycles. The second kappa shape index (κ2) is 54.5. The van der Waals surface area contributed by atoms with Gasteiger partial charge in [0, 0.05) is 68.0 Å². The van der Waals surface area contributed by atoms with E-state index in [4.69, 9.17) is 71.5 Å². The molecule has 12 N–H and O–H groups in total. The maximum atomic E-state index is 10.6. The first-order chi connectivity index (χ1) is 23.8. The summed E-state index contributed by atoms with van der Waals surface area (Å²) in [7, 11) is 3.38. The number of nitrogens with two attached hydrogens (primary N) is 2. The van der Waals surface area contributed by atoms with E-state index in [0.29, 0.717) is 13.1 Å². The Balaban J connectivity index is -0.0000000684. The summed E-state index contributed by atoms with van der Waals surface area (Å²) in [6.45, 7) is 3.28. The largest absolute Gasteiger partial charge is 0.617 e. The van der Waals surface area contributed by atoms with Crippen LogP contribution in [0.25, 0.3) is 0 Å². The Labute approximate surface area is 314 Å². The molecule has 0 bridgehead atoms. The van der Waals surface area contributed by atoms with E-state index in [0.717, 1.165) is 43.9 Å². The van der Waals surface area contributed by atoms with Crippen LogP contribution in [0.2, 0.25) is 0 Å². The first-order valence-electron chi connectivity index (χ1n) is 13.9. The molecular weight excluding hydrogens is 762 g/mol. The topological polar surface area (TPSA) is 423 Å². The van der Waals surface area contributed by atoms with E-state index >= 15 is 0 Å². The molecule has 53 heavy (non-hydrogen) atoms. The molecule has 26 heteroatoms. The van der Waals surface area contributed by atoms with Crippen molar-refractivity contribution in [3.63, 3.8) is 0 Å². The number of nitrogens with zero attached hydrogens (tertiary/aromatic N) is 3. The zero-order valence-corrected chi connectivity index (χ0v) is 33.2. The van der Waals surface area contributed by atoms with E-state index in [2.05, 4.69) is 0 Å². The number of carbonyl (C=O) groups is 9. The Kier molecular flexibility index (Phi) is 72.2. The predicted octanol–water partition coefficient (Wildman–Crippen LogP) is -3.11. The molecule has 0 spiro atoms. The van der Waals surface area contributed by atoms with Crippen LogP contribution in [0.5, 0.6) is 0 Å². The molecule has 0 heterocycles. The van der Waals surface area contributed by atoms with Gasteiger partial charge in [0.15, 0.2) is 0 Å². The van der Waals surface area contributed by atoms with Crippen molar-refractivity contribution in [3.8, 4) is 0 Å². The van der Waals surface area contributed by atoms with Crippen LogP contribution < -0.4 is 11.5 Å². The van der Waals surface area contributed by atoms with Gasteiger partial charge in [-0.3, -0.25) is 53.0 Å². The molecule has 0 fully saturated rings. The maximum absolute atomic E-state index is 10.6. The van der Waals surface area contributed by atoms with Crippen molar-refractivity contribution < 1.29 is 93.1 Å². The third kappa shape index (κ3) is 257. The fourth-order valence-electron chi connectivity index (χ4n) is 1.48. The number of hydrogen-bond acceptors (Lipinski definition) is 15. The predicted molar refractivity (Wildman–Crippen MR) is 195 cm³/mol. The number of amides is 1. The number of hydrogen-bond donors (Lipinski definition) is 10. The summed E-state index contributed by atoms with van der Waals surface area (Å²) >= 11 is -1.22. The Morgan fingerprint density at radius 2 is 0.623 bits per heavy atom.